The lowest BCUT2D eigenvalue weighted by atomic mass is 9.64. The van der Waals surface area contributed by atoms with Crippen LogP contribution in [0.5, 0.6) is 0 Å². The molecule has 1 saturated carbocycles. The number of hydrogen-bond donors (Lipinski definition) is 0. The summed E-state index contributed by atoms with van der Waals surface area (Å²) in [5.74, 6) is 0.490. The number of amides is 1. The number of nitrogens with zero attached hydrogens (tertiary/aromatic N) is 6. The van der Waals surface area contributed by atoms with Gasteiger partial charge >= 0.3 is 6.09 Å². The van der Waals surface area contributed by atoms with Crippen molar-refractivity contribution in [3.8, 4) is 11.1 Å². The van der Waals surface area contributed by atoms with Crippen molar-refractivity contribution >= 4 is 11.9 Å². The van der Waals surface area contributed by atoms with Crippen LogP contribution >= 0.6 is 0 Å². The highest BCUT2D eigenvalue weighted by Crippen LogP contribution is 2.50. The SMILES string of the molecule is CCOC(=O)N1CCC2(CC(N3CCN(c4ncc(F)cc4-c4cnn(C)c4)CC3)C2)C1. The Labute approximate surface area is 187 Å². The van der Waals surface area contributed by atoms with E-state index in [0.29, 0.717) is 12.6 Å². The van der Waals surface area contributed by atoms with Gasteiger partial charge in [-0.2, -0.15) is 5.10 Å². The molecule has 0 radical (unpaired) electrons. The molecule has 2 aliphatic heterocycles. The van der Waals surface area contributed by atoms with E-state index in [1.807, 2.05) is 25.1 Å². The summed E-state index contributed by atoms with van der Waals surface area (Å²) in [6, 6.07) is 2.13. The molecule has 9 heteroatoms. The molecule has 32 heavy (non-hydrogen) atoms. The predicted molar refractivity (Wildman–Crippen MR) is 119 cm³/mol. The number of pyridine rings is 1. The number of halogens is 1. The summed E-state index contributed by atoms with van der Waals surface area (Å²) in [6.45, 7) is 7.59. The fraction of sp³-hybridized carbons (Fsp3) is 0.609. The molecule has 1 spiro atoms. The van der Waals surface area contributed by atoms with Gasteiger partial charge in [-0.15, -0.1) is 0 Å². The van der Waals surface area contributed by atoms with E-state index in [-0.39, 0.29) is 17.3 Å². The van der Waals surface area contributed by atoms with Gasteiger partial charge in [0.2, 0.25) is 0 Å². The number of likely N-dealkylation sites (tertiary alicyclic amines) is 1. The molecule has 2 saturated heterocycles. The van der Waals surface area contributed by atoms with Gasteiger partial charge in [0.1, 0.15) is 11.6 Å². The maximum atomic E-state index is 13.9. The average molecular weight is 443 g/mol. The monoisotopic (exact) mass is 442 g/mol. The fourth-order valence-corrected chi connectivity index (χ4v) is 5.59. The number of hydrogen-bond acceptors (Lipinski definition) is 6. The van der Waals surface area contributed by atoms with Crippen LogP contribution < -0.4 is 4.90 Å². The summed E-state index contributed by atoms with van der Waals surface area (Å²) in [7, 11) is 1.86. The van der Waals surface area contributed by atoms with Crippen LogP contribution in [0.2, 0.25) is 0 Å². The fourth-order valence-electron chi connectivity index (χ4n) is 5.59. The Kier molecular flexibility index (Phi) is 5.53. The van der Waals surface area contributed by atoms with Gasteiger partial charge in [-0.25, -0.2) is 14.2 Å². The molecule has 0 N–H and O–H groups in total. The highest BCUT2D eigenvalue weighted by Gasteiger charge is 2.51. The van der Waals surface area contributed by atoms with E-state index in [4.69, 9.17) is 4.74 Å². The second-order valence-corrected chi connectivity index (χ2v) is 9.38. The van der Waals surface area contributed by atoms with Crippen LogP contribution in [0.15, 0.2) is 24.7 Å². The van der Waals surface area contributed by atoms with E-state index < -0.39 is 0 Å². The topological polar surface area (TPSA) is 66.7 Å². The Hall–Kier alpha value is -2.68. The molecule has 3 fully saturated rings. The van der Waals surface area contributed by atoms with Crippen molar-refractivity contribution in [2.75, 3.05) is 50.8 Å². The molecule has 172 valence electrons. The van der Waals surface area contributed by atoms with Gasteiger partial charge in [-0.3, -0.25) is 9.58 Å². The molecule has 5 rings (SSSR count). The first kappa shape index (κ1) is 21.2. The van der Waals surface area contributed by atoms with Crippen LogP contribution in [0.3, 0.4) is 0 Å². The third-order valence-corrected chi connectivity index (χ3v) is 7.28. The third-order valence-electron chi connectivity index (χ3n) is 7.28. The molecule has 8 nitrogen and oxygen atoms in total. The number of aryl methyl sites for hydroxylation is 1. The van der Waals surface area contributed by atoms with Gasteiger partial charge in [0.25, 0.3) is 0 Å². The number of aromatic nitrogens is 3. The van der Waals surface area contributed by atoms with E-state index in [1.54, 1.807) is 16.9 Å². The molecule has 0 bridgehead atoms. The molecule has 1 amide bonds. The minimum Gasteiger partial charge on any atom is -0.450 e. The summed E-state index contributed by atoms with van der Waals surface area (Å²) >= 11 is 0. The summed E-state index contributed by atoms with van der Waals surface area (Å²) in [5, 5.41) is 4.23. The average Bonchev–Trinajstić information content (AvgIpc) is 3.40. The van der Waals surface area contributed by atoms with Crippen LogP contribution in [0.4, 0.5) is 15.0 Å². The van der Waals surface area contributed by atoms with Gasteiger partial charge in [-0.1, -0.05) is 0 Å². The third kappa shape index (κ3) is 3.94. The molecule has 2 aromatic rings. The Morgan fingerprint density at radius 2 is 2.00 bits per heavy atom. The minimum absolute atomic E-state index is 0.169. The zero-order valence-electron chi connectivity index (χ0n) is 18.8. The molecular formula is C23H31FN6O2. The van der Waals surface area contributed by atoms with Crippen molar-refractivity contribution in [3.63, 3.8) is 0 Å². The molecule has 1 aliphatic carbocycles. The number of rotatable bonds is 4. The highest BCUT2D eigenvalue weighted by atomic mass is 19.1. The van der Waals surface area contributed by atoms with Crippen molar-refractivity contribution in [3.05, 3.63) is 30.5 Å². The maximum absolute atomic E-state index is 13.9. The first-order chi connectivity index (χ1) is 15.5. The molecule has 0 unspecified atom stereocenters. The van der Waals surface area contributed by atoms with Crippen molar-refractivity contribution in [1.29, 1.82) is 0 Å². The van der Waals surface area contributed by atoms with Crippen molar-refractivity contribution in [2.45, 2.75) is 32.2 Å². The van der Waals surface area contributed by atoms with E-state index >= 15 is 0 Å². The summed E-state index contributed by atoms with van der Waals surface area (Å²) in [4.78, 5) is 23.2. The normalized spacial score (nSPS) is 25.9. The van der Waals surface area contributed by atoms with Gasteiger partial charge in [0, 0.05) is 69.7 Å². The molecule has 0 atom stereocenters. The minimum atomic E-state index is -0.334. The van der Waals surface area contributed by atoms with Crippen molar-refractivity contribution in [2.24, 2.45) is 12.5 Å². The van der Waals surface area contributed by atoms with E-state index in [1.165, 1.54) is 6.20 Å². The number of piperazine rings is 1. The van der Waals surface area contributed by atoms with Gasteiger partial charge in [-0.05, 0) is 37.7 Å². The summed E-state index contributed by atoms with van der Waals surface area (Å²) < 4.78 is 20.8. The number of ether oxygens (including phenoxy) is 1. The molecule has 0 aromatic carbocycles. The second kappa shape index (κ2) is 8.35. The maximum Gasteiger partial charge on any atom is 0.409 e. The second-order valence-electron chi connectivity index (χ2n) is 9.38. The number of carbonyl (C=O) groups excluding carboxylic acids is 1. The van der Waals surface area contributed by atoms with Crippen LogP contribution in [-0.2, 0) is 11.8 Å². The van der Waals surface area contributed by atoms with Crippen LogP contribution in [0.1, 0.15) is 26.2 Å². The quantitative estimate of drug-likeness (QED) is 0.726. The van der Waals surface area contributed by atoms with Gasteiger partial charge in [0.15, 0.2) is 0 Å². The van der Waals surface area contributed by atoms with E-state index in [0.717, 1.165) is 75.5 Å². The number of carbonyl (C=O) groups is 1. The molecular weight excluding hydrogens is 411 g/mol. The Morgan fingerprint density at radius 1 is 1.22 bits per heavy atom. The first-order valence-electron chi connectivity index (χ1n) is 11.5. The Bertz CT molecular complexity index is 981. The molecule has 3 aliphatic rings. The van der Waals surface area contributed by atoms with E-state index in [2.05, 4.69) is 19.9 Å². The molecule has 4 heterocycles. The Balaban J connectivity index is 1.18. The standard InChI is InChI=1S/C23H31FN6O2/c1-3-32-22(31)30-5-4-23(16-30)11-19(12-23)28-6-8-29(9-7-28)21-20(10-18(24)14-25-21)17-13-26-27(2)15-17/h10,13-15,19H,3-9,11-12,16H2,1-2H3. The molecule has 2 aromatic heterocycles. The largest absolute Gasteiger partial charge is 0.450 e. The highest BCUT2D eigenvalue weighted by molar-refractivity contribution is 5.75. The van der Waals surface area contributed by atoms with Gasteiger partial charge < -0.3 is 14.5 Å². The zero-order chi connectivity index (χ0) is 22.3. The summed E-state index contributed by atoms with van der Waals surface area (Å²) in [6.07, 6.45) is 8.16. The van der Waals surface area contributed by atoms with Gasteiger partial charge in [0.05, 0.1) is 19.0 Å². The van der Waals surface area contributed by atoms with Crippen LogP contribution in [-0.4, -0.2) is 82.6 Å². The van der Waals surface area contributed by atoms with Crippen LogP contribution in [0.25, 0.3) is 11.1 Å². The lowest BCUT2D eigenvalue weighted by Crippen LogP contribution is -2.58. The predicted octanol–water partition coefficient (Wildman–Crippen LogP) is 2.75. The number of anilines is 1. The smallest absolute Gasteiger partial charge is 0.409 e. The Morgan fingerprint density at radius 3 is 2.69 bits per heavy atom. The summed E-state index contributed by atoms with van der Waals surface area (Å²) in [5.41, 5.74) is 1.95. The van der Waals surface area contributed by atoms with Crippen molar-refractivity contribution < 1.29 is 13.9 Å². The zero-order valence-corrected chi connectivity index (χ0v) is 18.8. The lowest BCUT2D eigenvalue weighted by Gasteiger charge is -2.52. The lowest BCUT2D eigenvalue weighted by molar-refractivity contribution is 0.00386. The van der Waals surface area contributed by atoms with E-state index in [9.17, 15) is 9.18 Å². The van der Waals surface area contributed by atoms with Crippen LogP contribution in [0, 0.1) is 11.2 Å². The van der Waals surface area contributed by atoms with Crippen molar-refractivity contribution in [1.82, 2.24) is 24.6 Å². The first-order valence-corrected chi connectivity index (χ1v) is 11.5.